The molecule has 2 heteroatoms. The van der Waals surface area contributed by atoms with Crippen LogP contribution in [0, 0.1) is 17.8 Å². The minimum Gasteiger partial charge on any atom is -0.362 e. The zero-order valence-electron chi connectivity index (χ0n) is 8.25. The molecule has 0 aromatic heterocycles. The lowest BCUT2D eigenvalue weighted by Gasteiger charge is -2.25. The summed E-state index contributed by atoms with van der Waals surface area (Å²) < 4.78 is 0. The Morgan fingerprint density at radius 3 is 2.58 bits per heavy atom. The molecule has 2 atom stereocenters. The summed E-state index contributed by atoms with van der Waals surface area (Å²) in [6.45, 7) is 6.64. The van der Waals surface area contributed by atoms with Crippen LogP contribution in [0.15, 0.2) is 0 Å². The Labute approximate surface area is 74.6 Å². The van der Waals surface area contributed by atoms with Crippen LogP contribution in [0.1, 0.15) is 40.0 Å². The highest BCUT2D eigenvalue weighted by atomic mass is 14.9. The summed E-state index contributed by atoms with van der Waals surface area (Å²) in [6, 6.07) is 0. The summed E-state index contributed by atoms with van der Waals surface area (Å²) in [5, 5.41) is 0. The quantitative estimate of drug-likeness (QED) is 0.424. The van der Waals surface area contributed by atoms with Crippen LogP contribution in [0.25, 0.3) is 5.53 Å². The molecule has 68 valence electrons. The SMILES string of the molecule is CC1CCC(C(C)C)CC1=[N+]=[N-]. The molecule has 1 aliphatic rings. The third-order valence-corrected chi connectivity index (χ3v) is 3.08. The largest absolute Gasteiger partial charge is 0.362 e. The van der Waals surface area contributed by atoms with E-state index in [0.717, 1.165) is 18.1 Å². The predicted octanol–water partition coefficient (Wildman–Crippen LogP) is 2.75. The van der Waals surface area contributed by atoms with Crippen LogP contribution in [-0.4, -0.2) is 10.5 Å². The van der Waals surface area contributed by atoms with Crippen molar-refractivity contribution >= 4 is 5.71 Å². The summed E-state index contributed by atoms with van der Waals surface area (Å²) in [5.74, 6) is 1.94. The molecule has 1 fully saturated rings. The average molecular weight is 166 g/mol. The minimum absolute atomic E-state index is 0.491. The van der Waals surface area contributed by atoms with Gasteiger partial charge in [-0.3, -0.25) is 0 Å². The molecule has 0 aliphatic heterocycles. The van der Waals surface area contributed by atoms with Gasteiger partial charge in [-0.1, -0.05) is 20.8 Å². The average Bonchev–Trinajstić information content (AvgIpc) is 2.05. The van der Waals surface area contributed by atoms with Gasteiger partial charge >= 0.3 is 0 Å². The van der Waals surface area contributed by atoms with E-state index in [4.69, 9.17) is 5.53 Å². The lowest BCUT2D eigenvalue weighted by Crippen LogP contribution is -2.26. The van der Waals surface area contributed by atoms with Crippen LogP contribution in [0.2, 0.25) is 0 Å². The van der Waals surface area contributed by atoms with E-state index in [1.807, 2.05) is 0 Å². The van der Waals surface area contributed by atoms with E-state index in [1.165, 1.54) is 12.8 Å². The Balaban J connectivity index is 2.62. The topological polar surface area (TPSA) is 36.4 Å². The number of hydrogen-bond acceptors (Lipinski definition) is 0. The molecule has 0 aromatic rings. The highest BCUT2D eigenvalue weighted by Crippen LogP contribution is 2.30. The summed E-state index contributed by atoms with van der Waals surface area (Å²) in [4.78, 5) is 3.38. The summed E-state index contributed by atoms with van der Waals surface area (Å²) >= 11 is 0. The van der Waals surface area contributed by atoms with Gasteiger partial charge in [-0.15, -0.1) is 0 Å². The Hall–Kier alpha value is -0.620. The molecule has 0 heterocycles. The highest BCUT2D eigenvalue weighted by Gasteiger charge is 2.30. The molecule has 1 rings (SSSR count). The maximum Gasteiger partial charge on any atom is 0.271 e. The molecule has 0 bridgehead atoms. The summed E-state index contributed by atoms with van der Waals surface area (Å²) in [7, 11) is 0. The first kappa shape index (κ1) is 9.47. The fourth-order valence-corrected chi connectivity index (χ4v) is 1.91. The predicted molar refractivity (Wildman–Crippen MR) is 50.0 cm³/mol. The molecular formula is C10H18N2. The summed E-state index contributed by atoms with van der Waals surface area (Å²) in [5.41, 5.74) is 9.75. The van der Waals surface area contributed by atoms with Gasteiger partial charge in [-0.05, 0) is 24.7 Å². The smallest absolute Gasteiger partial charge is 0.271 e. The van der Waals surface area contributed by atoms with Gasteiger partial charge < -0.3 is 5.53 Å². The first-order valence-corrected chi connectivity index (χ1v) is 4.86. The molecule has 0 radical (unpaired) electrons. The maximum absolute atomic E-state index is 8.75. The van der Waals surface area contributed by atoms with Gasteiger partial charge in [-0.2, -0.15) is 4.79 Å². The fraction of sp³-hybridized carbons (Fsp3) is 0.900. The second kappa shape index (κ2) is 3.86. The number of hydrogen-bond donors (Lipinski definition) is 0. The van der Waals surface area contributed by atoms with Crippen LogP contribution < -0.4 is 0 Å². The van der Waals surface area contributed by atoms with Crippen LogP contribution in [0.5, 0.6) is 0 Å². The van der Waals surface area contributed by atoms with Crippen LogP contribution in [-0.2, 0) is 0 Å². The summed E-state index contributed by atoms with van der Waals surface area (Å²) in [6.07, 6.45) is 3.47. The molecule has 1 aliphatic carbocycles. The monoisotopic (exact) mass is 166 g/mol. The van der Waals surface area contributed by atoms with Crippen molar-refractivity contribution in [1.82, 2.24) is 0 Å². The molecule has 0 saturated heterocycles. The minimum atomic E-state index is 0.491. The lowest BCUT2D eigenvalue weighted by atomic mass is 9.76. The fourth-order valence-electron chi connectivity index (χ4n) is 1.91. The van der Waals surface area contributed by atoms with Crippen molar-refractivity contribution in [2.75, 3.05) is 0 Å². The molecule has 0 amide bonds. The van der Waals surface area contributed by atoms with Crippen molar-refractivity contribution in [2.45, 2.75) is 40.0 Å². The molecule has 0 aromatic carbocycles. The first-order valence-electron chi connectivity index (χ1n) is 4.86. The molecule has 0 spiro atoms. The number of nitrogens with zero attached hydrogens (tertiary/aromatic N) is 2. The standard InChI is InChI=1S/C10H18N2/c1-7(2)9-5-4-8(3)10(6-9)12-11/h7-9H,4-6H2,1-3H3. The number of rotatable bonds is 1. The molecule has 1 saturated carbocycles. The van der Waals surface area contributed by atoms with E-state index < -0.39 is 0 Å². The molecular weight excluding hydrogens is 148 g/mol. The lowest BCUT2D eigenvalue weighted by molar-refractivity contribution is -0.0213. The Morgan fingerprint density at radius 2 is 2.08 bits per heavy atom. The van der Waals surface area contributed by atoms with Gasteiger partial charge in [0, 0.05) is 6.42 Å². The van der Waals surface area contributed by atoms with Gasteiger partial charge in [-0.25, -0.2) is 0 Å². The molecule has 2 unspecified atom stereocenters. The molecule has 2 nitrogen and oxygen atoms in total. The zero-order valence-corrected chi connectivity index (χ0v) is 8.25. The Morgan fingerprint density at radius 1 is 1.42 bits per heavy atom. The first-order chi connectivity index (χ1) is 5.65. The van der Waals surface area contributed by atoms with Gasteiger partial charge in [0.2, 0.25) is 0 Å². The van der Waals surface area contributed by atoms with Crippen molar-refractivity contribution in [2.24, 2.45) is 17.8 Å². The van der Waals surface area contributed by atoms with Crippen molar-refractivity contribution < 1.29 is 4.79 Å². The van der Waals surface area contributed by atoms with E-state index >= 15 is 0 Å². The van der Waals surface area contributed by atoms with Crippen molar-refractivity contribution in [3.8, 4) is 0 Å². The van der Waals surface area contributed by atoms with Crippen molar-refractivity contribution in [3.63, 3.8) is 0 Å². The van der Waals surface area contributed by atoms with Gasteiger partial charge in [0.1, 0.15) is 0 Å². The van der Waals surface area contributed by atoms with Crippen LogP contribution in [0.4, 0.5) is 0 Å². The second-order valence-electron chi connectivity index (χ2n) is 4.28. The van der Waals surface area contributed by atoms with Crippen LogP contribution in [0.3, 0.4) is 0 Å². The van der Waals surface area contributed by atoms with E-state index in [9.17, 15) is 0 Å². The van der Waals surface area contributed by atoms with Gasteiger partial charge in [0.25, 0.3) is 5.71 Å². The van der Waals surface area contributed by atoms with Gasteiger partial charge in [0.15, 0.2) is 0 Å². The Bertz CT molecular complexity index is 202. The molecule has 12 heavy (non-hydrogen) atoms. The van der Waals surface area contributed by atoms with E-state index in [2.05, 4.69) is 25.6 Å². The van der Waals surface area contributed by atoms with E-state index in [-0.39, 0.29) is 0 Å². The van der Waals surface area contributed by atoms with E-state index in [1.54, 1.807) is 0 Å². The third-order valence-electron chi connectivity index (χ3n) is 3.08. The second-order valence-corrected chi connectivity index (χ2v) is 4.28. The van der Waals surface area contributed by atoms with E-state index in [0.29, 0.717) is 11.8 Å². The molecule has 0 N–H and O–H groups in total. The van der Waals surface area contributed by atoms with Crippen molar-refractivity contribution in [3.05, 3.63) is 5.53 Å². The third kappa shape index (κ3) is 1.95. The normalized spacial score (nSPS) is 30.5. The van der Waals surface area contributed by atoms with Crippen LogP contribution >= 0.6 is 0 Å². The maximum atomic E-state index is 8.75. The highest BCUT2D eigenvalue weighted by molar-refractivity contribution is 5.82. The van der Waals surface area contributed by atoms with Crippen molar-refractivity contribution in [1.29, 1.82) is 0 Å². The van der Waals surface area contributed by atoms with Gasteiger partial charge in [0.05, 0.1) is 5.92 Å². The Kier molecular flexibility index (Phi) is 3.05. The zero-order chi connectivity index (χ0) is 9.14.